The molecule has 0 aromatic rings. The van der Waals surface area contributed by atoms with E-state index in [1.54, 1.807) is 7.11 Å². The van der Waals surface area contributed by atoms with Crippen LogP contribution in [0.5, 0.6) is 0 Å². The number of hydrogen-bond donors (Lipinski definition) is 0. The number of esters is 1. The predicted octanol–water partition coefficient (Wildman–Crippen LogP) is 3.01. The molecule has 1 unspecified atom stereocenters. The fraction of sp³-hybridized carbons (Fsp3) is 0.789. The van der Waals surface area contributed by atoms with Gasteiger partial charge < -0.3 is 9.47 Å². The van der Waals surface area contributed by atoms with Gasteiger partial charge in [-0.1, -0.05) is 26.0 Å². The van der Waals surface area contributed by atoms with Crippen LogP contribution in [0.3, 0.4) is 0 Å². The van der Waals surface area contributed by atoms with Crippen LogP contribution in [0.4, 0.5) is 0 Å². The Kier molecular flexibility index (Phi) is 4.39. The van der Waals surface area contributed by atoms with Crippen molar-refractivity contribution in [1.82, 2.24) is 0 Å². The predicted molar refractivity (Wildman–Crippen MR) is 86.7 cm³/mol. The Balaban J connectivity index is 1.92. The van der Waals surface area contributed by atoms with Crippen LogP contribution in [-0.2, 0) is 19.1 Å². The van der Waals surface area contributed by atoms with E-state index in [1.807, 2.05) is 0 Å². The van der Waals surface area contributed by atoms with Gasteiger partial charge in [-0.15, -0.1) is 0 Å². The molecule has 0 heterocycles. The van der Waals surface area contributed by atoms with Crippen LogP contribution < -0.4 is 0 Å². The Labute approximate surface area is 138 Å². The van der Waals surface area contributed by atoms with E-state index < -0.39 is 0 Å². The molecule has 3 rings (SSSR count). The molecular formula is C19H28O4. The van der Waals surface area contributed by atoms with Crippen molar-refractivity contribution in [1.29, 1.82) is 0 Å². The minimum Gasteiger partial charge on any atom is -0.469 e. The van der Waals surface area contributed by atoms with Gasteiger partial charge in [0, 0.05) is 25.4 Å². The van der Waals surface area contributed by atoms with Crippen LogP contribution in [0.15, 0.2) is 12.2 Å². The lowest BCUT2D eigenvalue weighted by Gasteiger charge is -2.55. The van der Waals surface area contributed by atoms with Gasteiger partial charge >= 0.3 is 5.97 Å². The smallest absolute Gasteiger partial charge is 0.309 e. The molecular weight excluding hydrogens is 292 g/mol. The van der Waals surface area contributed by atoms with Gasteiger partial charge in [0.15, 0.2) is 0 Å². The highest BCUT2D eigenvalue weighted by Gasteiger charge is 2.56. The zero-order chi connectivity index (χ0) is 16.8. The monoisotopic (exact) mass is 320 g/mol. The number of methoxy groups -OCH3 is 2. The summed E-state index contributed by atoms with van der Waals surface area (Å²) in [7, 11) is 3.18. The average molecular weight is 320 g/mol. The van der Waals surface area contributed by atoms with Crippen LogP contribution in [0.2, 0.25) is 0 Å². The molecule has 0 aromatic heterocycles. The average Bonchev–Trinajstić information content (AvgIpc) is 2.54. The Morgan fingerprint density at radius 1 is 1.30 bits per heavy atom. The first-order valence-corrected chi connectivity index (χ1v) is 8.74. The van der Waals surface area contributed by atoms with E-state index in [1.165, 1.54) is 7.11 Å². The second-order valence-electron chi connectivity index (χ2n) is 7.90. The van der Waals surface area contributed by atoms with Crippen molar-refractivity contribution in [3.63, 3.8) is 0 Å². The second kappa shape index (κ2) is 6.04. The van der Waals surface area contributed by atoms with Crippen molar-refractivity contribution in [2.24, 2.45) is 35.0 Å². The van der Waals surface area contributed by atoms with Crippen molar-refractivity contribution < 1.29 is 19.1 Å². The first kappa shape index (κ1) is 16.7. The van der Waals surface area contributed by atoms with Crippen LogP contribution in [-0.4, -0.2) is 32.1 Å². The molecule has 128 valence electrons. The summed E-state index contributed by atoms with van der Waals surface area (Å²) in [6.07, 6.45) is 7.82. The van der Waals surface area contributed by atoms with Crippen LogP contribution in [0.1, 0.15) is 39.5 Å². The van der Waals surface area contributed by atoms with E-state index in [9.17, 15) is 9.59 Å². The lowest BCUT2D eigenvalue weighted by atomic mass is 9.49. The molecule has 0 saturated heterocycles. The molecule has 0 bridgehead atoms. The number of carbonyl (C=O) groups is 2. The Hall–Kier alpha value is -1.16. The number of ketones is 1. The quantitative estimate of drug-likeness (QED) is 0.580. The first-order valence-electron chi connectivity index (χ1n) is 8.74. The summed E-state index contributed by atoms with van der Waals surface area (Å²) in [5, 5.41) is 0. The zero-order valence-corrected chi connectivity index (χ0v) is 14.6. The Bertz CT molecular complexity index is 525. The Morgan fingerprint density at radius 3 is 2.70 bits per heavy atom. The van der Waals surface area contributed by atoms with Gasteiger partial charge in [-0.05, 0) is 36.5 Å². The molecule has 4 heteroatoms. The molecule has 0 aromatic carbocycles. The number of allylic oxidation sites excluding steroid dienone is 1. The number of fused-ring (bicyclic) bond motifs is 3. The molecule has 0 spiro atoms. The van der Waals surface area contributed by atoms with Gasteiger partial charge in [-0.25, -0.2) is 0 Å². The van der Waals surface area contributed by atoms with Crippen molar-refractivity contribution in [3.05, 3.63) is 12.2 Å². The van der Waals surface area contributed by atoms with Gasteiger partial charge in [-0.2, -0.15) is 0 Å². The third kappa shape index (κ3) is 2.55. The van der Waals surface area contributed by atoms with E-state index in [0.717, 1.165) is 19.3 Å². The minimum absolute atomic E-state index is 0.0172. The maximum absolute atomic E-state index is 12.9. The number of Topliss-reactive ketones (excluding diaryl/α,β-unsaturated/α-hetero) is 1. The Morgan fingerprint density at radius 2 is 2.04 bits per heavy atom. The van der Waals surface area contributed by atoms with Gasteiger partial charge in [0.2, 0.25) is 0 Å². The highest BCUT2D eigenvalue weighted by molar-refractivity contribution is 5.88. The normalized spacial score (nSPS) is 46.0. The van der Waals surface area contributed by atoms with Crippen molar-refractivity contribution in [2.45, 2.75) is 45.6 Å². The summed E-state index contributed by atoms with van der Waals surface area (Å²) in [6, 6.07) is 0. The molecule has 0 N–H and O–H groups in total. The number of rotatable bonds is 2. The molecule has 2 saturated carbocycles. The summed E-state index contributed by atoms with van der Waals surface area (Å²) < 4.78 is 10.7. The third-order valence-corrected chi connectivity index (χ3v) is 6.68. The van der Waals surface area contributed by atoms with E-state index in [2.05, 4.69) is 26.0 Å². The lowest BCUT2D eigenvalue weighted by Crippen LogP contribution is -2.55. The second-order valence-corrected chi connectivity index (χ2v) is 7.90. The van der Waals surface area contributed by atoms with Crippen molar-refractivity contribution >= 4 is 11.8 Å². The van der Waals surface area contributed by atoms with Crippen LogP contribution >= 0.6 is 0 Å². The standard InChI is InChI=1S/C19H28O4/c1-11-7-8-19(2)14(17(11)22-3)6-5-12-9-13(18(21)23-4)10-15(20)16(12)19/h5-6,11-14,16-17H,7-10H2,1-4H3/t11-,12-,13?,14+,16+,17+,19+/m1/s1. The fourth-order valence-electron chi connectivity index (χ4n) is 5.48. The third-order valence-electron chi connectivity index (χ3n) is 6.68. The van der Waals surface area contributed by atoms with Crippen molar-refractivity contribution in [2.75, 3.05) is 14.2 Å². The SMILES string of the molecule is COC(=O)C1CC(=O)[C@@H]2[C@H](C=C[C@H]3[C@@H](OC)[C@H](C)CC[C@]23C)C1. The van der Waals surface area contributed by atoms with E-state index >= 15 is 0 Å². The maximum atomic E-state index is 12.9. The molecule has 3 aliphatic carbocycles. The molecule has 3 aliphatic rings. The lowest BCUT2D eigenvalue weighted by molar-refractivity contribution is -0.157. The van der Waals surface area contributed by atoms with Crippen molar-refractivity contribution in [3.8, 4) is 0 Å². The highest BCUT2D eigenvalue weighted by Crippen LogP contribution is 2.57. The minimum atomic E-state index is -0.278. The van der Waals surface area contributed by atoms with Gasteiger partial charge in [0.25, 0.3) is 0 Å². The van der Waals surface area contributed by atoms with Crippen LogP contribution in [0, 0.1) is 35.0 Å². The summed E-state index contributed by atoms with van der Waals surface area (Å²) in [5.41, 5.74) is -0.0508. The topological polar surface area (TPSA) is 52.6 Å². The summed E-state index contributed by atoms with van der Waals surface area (Å²) in [6.45, 7) is 4.50. The van der Waals surface area contributed by atoms with Crippen LogP contribution in [0.25, 0.3) is 0 Å². The largest absolute Gasteiger partial charge is 0.469 e. The van der Waals surface area contributed by atoms with Gasteiger partial charge in [0.05, 0.1) is 19.1 Å². The zero-order valence-electron chi connectivity index (χ0n) is 14.6. The maximum Gasteiger partial charge on any atom is 0.309 e. The van der Waals surface area contributed by atoms with E-state index in [4.69, 9.17) is 9.47 Å². The fourth-order valence-corrected chi connectivity index (χ4v) is 5.48. The highest BCUT2D eigenvalue weighted by atomic mass is 16.5. The molecule has 0 radical (unpaired) electrons. The first-order chi connectivity index (χ1) is 10.9. The molecule has 4 nitrogen and oxygen atoms in total. The summed E-state index contributed by atoms with van der Waals surface area (Å²) >= 11 is 0. The van der Waals surface area contributed by atoms with Gasteiger partial charge in [-0.3, -0.25) is 9.59 Å². The molecule has 2 fully saturated rings. The van der Waals surface area contributed by atoms with Gasteiger partial charge in [0.1, 0.15) is 5.78 Å². The molecule has 0 amide bonds. The summed E-state index contributed by atoms with van der Waals surface area (Å²) in [5.74, 6) is 0.690. The number of carbonyl (C=O) groups excluding carboxylic acids is 2. The molecule has 7 atom stereocenters. The summed E-state index contributed by atoms with van der Waals surface area (Å²) in [4.78, 5) is 24.8. The van der Waals surface area contributed by atoms with E-state index in [-0.39, 0.29) is 46.9 Å². The van der Waals surface area contributed by atoms with E-state index in [0.29, 0.717) is 12.3 Å². The number of hydrogen-bond acceptors (Lipinski definition) is 4. The molecule has 23 heavy (non-hydrogen) atoms. The number of ether oxygens (including phenoxy) is 2. The molecule has 0 aliphatic heterocycles.